The van der Waals surface area contributed by atoms with Gasteiger partial charge in [-0.1, -0.05) is 24.3 Å². The second-order valence-corrected chi connectivity index (χ2v) is 7.68. The van der Waals surface area contributed by atoms with Crippen LogP contribution in [0.1, 0.15) is 36.9 Å². The number of benzene rings is 1. The average molecular weight is 352 g/mol. The molecular weight excluding hydrogens is 324 g/mol. The van der Waals surface area contributed by atoms with E-state index in [-0.39, 0.29) is 12.0 Å². The van der Waals surface area contributed by atoms with E-state index in [1.165, 1.54) is 31.2 Å². The van der Waals surface area contributed by atoms with Gasteiger partial charge in [-0.05, 0) is 50.3 Å². The van der Waals surface area contributed by atoms with Crippen LogP contribution in [0.15, 0.2) is 48.7 Å². The highest BCUT2D eigenvalue weighted by molar-refractivity contribution is 5.33. The Balaban J connectivity index is 1.38. The van der Waals surface area contributed by atoms with Crippen molar-refractivity contribution < 1.29 is 9.84 Å². The third-order valence-corrected chi connectivity index (χ3v) is 5.64. The predicted molar refractivity (Wildman–Crippen MR) is 102 cm³/mol. The lowest BCUT2D eigenvalue weighted by Crippen LogP contribution is -2.22. The molecule has 1 aromatic heterocycles. The number of para-hydroxylation sites is 1. The van der Waals surface area contributed by atoms with Gasteiger partial charge in [-0.2, -0.15) is 0 Å². The second kappa shape index (κ2) is 8.19. The number of nitrogens with zero attached hydrogens (tertiary/aromatic N) is 2. The van der Waals surface area contributed by atoms with Crippen molar-refractivity contribution in [2.75, 3.05) is 13.1 Å². The minimum absolute atomic E-state index is 0.243. The van der Waals surface area contributed by atoms with Gasteiger partial charge < -0.3 is 9.84 Å². The van der Waals surface area contributed by atoms with Crippen molar-refractivity contribution in [2.24, 2.45) is 5.92 Å². The van der Waals surface area contributed by atoms with Crippen molar-refractivity contribution in [3.8, 4) is 5.75 Å². The molecule has 1 aliphatic heterocycles. The van der Waals surface area contributed by atoms with E-state index < -0.39 is 0 Å². The minimum atomic E-state index is -0.292. The Morgan fingerprint density at radius 3 is 2.65 bits per heavy atom. The van der Waals surface area contributed by atoms with Crippen LogP contribution in [0, 0.1) is 5.92 Å². The molecule has 4 nitrogen and oxygen atoms in total. The first-order valence-electron chi connectivity index (χ1n) is 9.83. The molecular formula is C22H28N2O2. The number of β-amino-alcohol motifs (C(OH)–C–C–N with tert-alkyl or cyclic N) is 1. The molecule has 2 fully saturated rings. The maximum absolute atomic E-state index is 10.5. The van der Waals surface area contributed by atoms with E-state index in [9.17, 15) is 5.11 Å². The van der Waals surface area contributed by atoms with Crippen LogP contribution < -0.4 is 4.74 Å². The van der Waals surface area contributed by atoms with Gasteiger partial charge in [-0.25, -0.2) is 0 Å². The van der Waals surface area contributed by atoms with Crippen molar-refractivity contribution in [3.63, 3.8) is 0 Å². The molecule has 1 aromatic carbocycles. The molecule has 4 rings (SSSR count). The molecule has 2 aliphatic rings. The molecule has 0 unspecified atom stereocenters. The van der Waals surface area contributed by atoms with E-state index in [1.807, 2.05) is 24.4 Å². The Morgan fingerprint density at radius 2 is 1.85 bits per heavy atom. The summed E-state index contributed by atoms with van der Waals surface area (Å²) < 4.78 is 6.27. The van der Waals surface area contributed by atoms with Crippen LogP contribution in [0.4, 0.5) is 0 Å². The highest BCUT2D eigenvalue weighted by atomic mass is 16.5. The largest absolute Gasteiger partial charge is 0.490 e. The molecule has 1 saturated heterocycles. The zero-order valence-electron chi connectivity index (χ0n) is 15.3. The summed E-state index contributed by atoms with van der Waals surface area (Å²) in [7, 11) is 0. The third kappa shape index (κ3) is 4.25. The summed E-state index contributed by atoms with van der Waals surface area (Å²) in [6, 6.07) is 14.4. The number of ether oxygens (including phenoxy) is 1. The van der Waals surface area contributed by atoms with E-state index in [0.717, 1.165) is 37.5 Å². The zero-order chi connectivity index (χ0) is 17.8. The monoisotopic (exact) mass is 352 g/mol. The van der Waals surface area contributed by atoms with Crippen molar-refractivity contribution in [1.29, 1.82) is 0 Å². The van der Waals surface area contributed by atoms with Gasteiger partial charge >= 0.3 is 0 Å². The van der Waals surface area contributed by atoms with Crippen LogP contribution in [-0.2, 0) is 13.0 Å². The Kier molecular flexibility index (Phi) is 5.51. The molecule has 2 aromatic rings. The topological polar surface area (TPSA) is 45.6 Å². The van der Waals surface area contributed by atoms with Gasteiger partial charge in [0.05, 0.1) is 12.2 Å². The molecule has 0 bridgehead atoms. The predicted octanol–water partition coefficient (Wildman–Crippen LogP) is 3.44. The molecule has 1 N–H and O–H groups in total. The SMILES string of the molecule is O[C@@H]1CN(Cc2ccccc2OC2CCCC2)C[C@H]1Cc1ccccn1. The van der Waals surface area contributed by atoms with Gasteiger partial charge in [0.1, 0.15) is 5.75 Å². The Labute approximate surface area is 155 Å². The van der Waals surface area contributed by atoms with Gasteiger partial charge in [0.15, 0.2) is 0 Å². The van der Waals surface area contributed by atoms with Crippen LogP contribution in [0.5, 0.6) is 5.75 Å². The zero-order valence-corrected chi connectivity index (χ0v) is 15.3. The van der Waals surface area contributed by atoms with Gasteiger partial charge in [-0.15, -0.1) is 0 Å². The fourth-order valence-electron chi connectivity index (χ4n) is 4.23. The molecule has 2 atom stereocenters. The number of aromatic nitrogens is 1. The minimum Gasteiger partial charge on any atom is -0.490 e. The number of hydrogen-bond donors (Lipinski definition) is 1. The summed E-state index contributed by atoms with van der Waals surface area (Å²) in [6.07, 6.45) is 7.63. The first-order valence-corrected chi connectivity index (χ1v) is 9.83. The summed E-state index contributed by atoms with van der Waals surface area (Å²) in [6.45, 7) is 2.45. The van der Waals surface area contributed by atoms with Crippen LogP contribution in [0.25, 0.3) is 0 Å². The number of hydrogen-bond acceptors (Lipinski definition) is 4. The molecule has 26 heavy (non-hydrogen) atoms. The molecule has 1 saturated carbocycles. The van der Waals surface area contributed by atoms with E-state index in [0.29, 0.717) is 6.10 Å². The number of aliphatic hydroxyl groups excluding tert-OH is 1. The molecule has 4 heteroatoms. The third-order valence-electron chi connectivity index (χ3n) is 5.64. The first kappa shape index (κ1) is 17.5. The fraction of sp³-hybridized carbons (Fsp3) is 0.500. The Morgan fingerprint density at radius 1 is 1.04 bits per heavy atom. The maximum atomic E-state index is 10.5. The van der Waals surface area contributed by atoms with Crippen LogP contribution >= 0.6 is 0 Å². The van der Waals surface area contributed by atoms with Crippen LogP contribution in [-0.4, -0.2) is 40.3 Å². The van der Waals surface area contributed by atoms with E-state index in [2.05, 4.69) is 34.1 Å². The second-order valence-electron chi connectivity index (χ2n) is 7.68. The number of rotatable bonds is 6. The van der Waals surface area contributed by atoms with Crippen LogP contribution in [0.3, 0.4) is 0 Å². The summed E-state index contributed by atoms with van der Waals surface area (Å²) in [5, 5.41) is 10.5. The first-order chi connectivity index (χ1) is 12.8. The van der Waals surface area contributed by atoms with E-state index in [1.54, 1.807) is 0 Å². The van der Waals surface area contributed by atoms with E-state index >= 15 is 0 Å². The molecule has 2 heterocycles. The molecule has 0 spiro atoms. The van der Waals surface area contributed by atoms with Crippen molar-refractivity contribution in [3.05, 3.63) is 59.9 Å². The average Bonchev–Trinajstić information content (AvgIpc) is 3.28. The smallest absolute Gasteiger partial charge is 0.124 e. The molecule has 1 aliphatic carbocycles. The molecule has 0 amide bonds. The van der Waals surface area contributed by atoms with Gasteiger partial charge in [0.2, 0.25) is 0 Å². The summed E-state index contributed by atoms with van der Waals surface area (Å²) >= 11 is 0. The quantitative estimate of drug-likeness (QED) is 0.865. The summed E-state index contributed by atoms with van der Waals surface area (Å²) in [5.74, 6) is 1.26. The lowest BCUT2D eigenvalue weighted by atomic mass is 10.00. The summed E-state index contributed by atoms with van der Waals surface area (Å²) in [5.41, 5.74) is 2.29. The van der Waals surface area contributed by atoms with Crippen LogP contribution in [0.2, 0.25) is 0 Å². The maximum Gasteiger partial charge on any atom is 0.124 e. The van der Waals surface area contributed by atoms with Gasteiger partial charge in [-0.3, -0.25) is 9.88 Å². The summed E-state index contributed by atoms with van der Waals surface area (Å²) in [4.78, 5) is 6.75. The number of likely N-dealkylation sites (tertiary alicyclic amines) is 1. The standard InChI is InChI=1S/C22H28N2O2/c25-21-16-24(15-18(21)13-19-8-5-6-12-23-19)14-17-7-1-4-11-22(17)26-20-9-2-3-10-20/h1,4-8,11-12,18,20-21,25H,2-3,9-10,13-16H2/t18-,21-/m1/s1. The molecule has 138 valence electrons. The highest BCUT2D eigenvalue weighted by Crippen LogP contribution is 2.29. The van der Waals surface area contributed by atoms with E-state index in [4.69, 9.17) is 4.74 Å². The Hall–Kier alpha value is -1.91. The number of aliphatic hydroxyl groups is 1. The van der Waals surface area contributed by atoms with Crippen molar-refractivity contribution in [2.45, 2.75) is 50.9 Å². The van der Waals surface area contributed by atoms with Crippen molar-refractivity contribution >= 4 is 0 Å². The van der Waals surface area contributed by atoms with Crippen molar-refractivity contribution in [1.82, 2.24) is 9.88 Å². The lowest BCUT2D eigenvalue weighted by molar-refractivity contribution is 0.140. The Bertz CT molecular complexity index is 700. The highest BCUT2D eigenvalue weighted by Gasteiger charge is 2.32. The lowest BCUT2D eigenvalue weighted by Gasteiger charge is -2.20. The normalized spacial score (nSPS) is 24.2. The number of pyridine rings is 1. The van der Waals surface area contributed by atoms with Gasteiger partial charge in [0, 0.05) is 43.0 Å². The fourth-order valence-corrected chi connectivity index (χ4v) is 4.23. The molecule has 0 radical (unpaired) electrons. The van der Waals surface area contributed by atoms with Gasteiger partial charge in [0.25, 0.3) is 0 Å².